The molecule has 0 bridgehead atoms. The fraction of sp³-hybridized carbons (Fsp3) is 0.500. The third-order valence-corrected chi connectivity index (χ3v) is 6.43. The van der Waals surface area contributed by atoms with E-state index in [-0.39, 0.29) is 5.91 Å². The average Bonchev–Trinajstić information content (AvgIpc) is 3.10. The van der Waals surface area contributed by atoms with E-state index in [2.05, 4.69) is 27.8 Å². The average molecular weight is 393 g/mol. The molecule has 3 rings (SSSR count). The second-order valence-corrected chi connectivity index (χ2v) is 8.74. The van der Waals surface area contributed by atoms with Crippen LogP contribution in [0.2, 0.25) is 0 Å². The van der Waals surface area contributed by atoms with Crippen molar-refractivity contribution in [3.05, 3.63) is 24.3 Å². The predicted molar refractivity (Wildman–Crippen MR) is 106 cm³/mol. The Morgan fingerprint density at radius 2 is 1.96 bits per heavy atom. The van der Waals surface area contributed by atoms with Crippen molar-refractivity contribution in [1.82, 2.24) is 15.5 Å². The number of carbonyl (C=O) groups excluding carboxylic acids is 1. The summed E-state index contributed by atoms with van der Waals surface area (Å²) in [5.41, 5.74) is 0.919. The number of rotatable bonds is 7. The van der Waals surface area contributed by atoms with Crippen LogP contribution < -0.4 is 15.4 Å². The van der Waals surface area contributed by atoms with Gasteiger partial charge < -0.3 is 15.4 Å². The van der Waals surface area contributed by atoms with Crippen molar-refractivity contribution in [2.75, 3.05) is 18.2 Å². The molecule has 1 saturated carbocycles. The third-order valence-electron chi connectivity index (χ3n) is 4.46. The highest BCUT2D eigenvalue weighted by Crippen LogP contribution is 2.28. The number of hydrogen-bond donors (Lipinski definition) is 2. The van der Waals surface area contributed by atoms with Crippen LogP contribution in [-0.2, 0) is 4.79 Å². The SMILES string of the molecule is COc1ccc(Nc2nnc(SCC(=O)NC3CCC(C)CC3)s2)cc1. The highest BCUT2D eigenvalue weighted by Gasteiger charge is 2.20. The molecule has 1 fully saturated rings. The summed E-state index contributed by atoms with van der Waals surface area (Å²) in [5.74, 6) is 2.05. The lowest BCUT2D eigenvalue weighted by Crippen LogP contribution is -2.38. The van der Waals surface area contributed by atoms with E-state index in [1.165, 1.54) is 35.9 Å². The number of anilines is 2. The van der Waals surface area contributed by atoms with Crippen LogP contribution >= 0.6 is 23.1 Å². The Kier molecular flexibility index (Phi) is 6.73. The van der Waals surface area contributed by atoms with Crippen LogP contribution in [0.15, 0.2) is 28.6 Å². The lowest BCUT2D eigenvalue weighted by molar-refractivity contribution is -0.119. The van der Waals surface area contributed by atoms with Gasteiger partial charge in [0.2, 0.25) is 11.0 Å². The van der Waals surface area contributed by atoms with Crippen molar-refractivity contribution in [3.63, 3.8) is 0 Å². The van der Waals surface area contributed by atoms with Gasteiger partial charge in [-0.2, -0.15) is 0 Å². The summed E-state index contributed by atoms with van der Waals surface area (Å²) in [5, 5.41) is 15.3. The van der Waals surface area contributed by atoms with E-state index in [1.807, 2.05) is 24.3 Å². The zero-order chi connectivity index (χ0) is 18.4. The first-order valence-corrected chi connectivity index (χ1v) is 10.6. The van der Waals surface area contributed by atoms with Crippen molar-refractivity contribution in [3.8, 4) is 5.75 Å². The molecule has 0 radical (unpaired) electrons. The van der Waals surface area contributed by atoms with Crippen molar-refractivity contribution >= 4 is 39.8 Å². The zero-order valence-electron chi connectivity index (χ0n) is 15.0. The van der Waals surface area contributed by atoms with Gasteiger partial charge in [-0.05, 0) is 55.9 Å². The molecule has 1 heterocycles. The largest absolute Gasteiger partial charge is 0.497 e. The Morgan fingerprint density at radius 3 is 2.65 bits per heavy atom. The van der Waals surface area contributed by atoms with Gasteiger partial charge in [0.25, 0.3) is 0 Å². The van der Waals surface area contributed by atoms with Crippen LogP contribution in [0.4, 0.5) is 10.8 Å². The van der Waals surface area contributed by atoms with E-state index >= 15 is 0 Å². The van der Waals surface area contributed by atoms with E-state index in [4.69, 9.17) is 4.74 Å². The van der Waals surface area contributed by atoms with E-state index in [0.29, 0.717) is 16.9 Å². The number of benzene rings is 1. The second kappa shape index (κ2) is 9.23. The molecule has 6 nitrogen and oxygen atoms in total. The zero-order valence-corrected chi connectivity index (χ0v) is 16.7. The van der Waals surface area contributed by atoms with Crippen molar-refractivity contribution in [2.24, 2.45) is 5.92 Å². The summed E-state index contributed by atoms with van der Waals surface area (Å²) >= 11 is 2.87. The molecular weight excluding hydrogens is 368 g/mol. The highest BCUT2D eigenvalue weighted by molar-refractivity contribution is 8.01. The van der Waals surface area contributed by atoms with Crippen LogP contribution in [0.1, 0.15) is 32.6 Å². The number of ether oxygens (including phenoxy) is 1. The Hall–Kier alpha value is -1.80. The molecule has 0 unspecified atom stereocenters. The normalized spacial score (nSPS) is 19.8. The Bertz CT molecular complexity index is 712. The van der Waals surface area contributed by atoms with Gasteiger partial charge in [0, 0.05) is 11.7 Å². The smallest absolute Gasteiger partial charge is 0.230 e. The minimum absolute atomic E-state index is 0.0782. The van der Waals surface area contributed by atoms with Gasteiger partial charge in [0.05, 0.1) is 12.9 Å². The molecular formula is C18H24N4O2S2. The van der Waals surface area contributed by atoms with Crippen molar-refractivity contribution in [2.45, 2.75) is 43.0 Å². The minimum Gasteiger partial charge on any atom is -0.497 e. The van der Waals surface area contributed by atoms with Gasteiger partial charge >= 0.3 is 0 Å². The molecule has 0 spiro atoms. The Balaban J connectivity index is 1.43. The molecule has 0 atom stereocenters. The molecule has 26 heavy (non-hydrogen) atoms. The summed E-state index contributed by atoms with van der Waals surface area (Å²) in [4.78, 5) is 12.1. The van der Waals surface area contributed by atoms with Crippen LogP contribution in [0.3, 0.4) is 0 Å². The van der Waals surface area contributed by atoms with Gasteiger partial charge in [0.1, 0.15) is 5.75 Å². The number of nitrogens with zero attached hydrogens (tertiary/aromatic N) is 2. The maximum absolute atomic E-state index is 12.1. The van der Waals surface area contributed by atoms with Gasteiger partial charge in [-0.25, -0.2) is 0 Å². The van der Waals surface area contributed by atoms with Gasteiger partial charge in [-0.3, -0.25) is 4.79 Å². The molecule has 0 saturated heterocycles. The first-order valence-electron chi connectivity index (χ1n) is 8.79. The summed E-state index contributed by atoms with van der Waals surface area (Å²) in [7, 11) is 1.64. The van der Waals surface area contributed by atoms with Crippen LogP contribution in [0.25, 0.3) is 0 Å². The van der Waals surface area contributed by atoms with Crippen LogP contribution in [-0.4, -0.2) is 35.0 Å². The number of carbonyl (C=O) groups is 1. The molecule has 0 aliphatic heterocycles. The number of nitrogens with one attached hydrogen (secondary N) is 2. The maximum Gasteiger partial charge on any atom is 0.230 e. The first-order chi connectivity index (χ1) is 12.6. The lowest BCUT2D eigenvalue weighted by Gasteiger charge is -2.26. The molecule has 1 aromatic heterocycles. The topological polar surface area (TPSA) is 76.1 Å². The lowest BCUT2D eigenvalue weighted by atomic mass is 9.87. The van der Waals surface area contributed by atoms with Gasteiger partial charge in [-0.1, -0.05) is 30.0 Å². The molecule has 1 amide bonds. The summed E-state index contributed by atoms with van der Waals surface area (Å²) in [6.07, 6.45) is 4.59. The Labute approximate surface area is 162 Å². The minimum atomic E-state index is 0.0782. The molecule has 140 valence electrons. The number of methoxy groups -OCH3 is 1. The summed E-state index contributed by atoms with van der Waals surface area (Å²) in [6, 6.07) is 7.95. The quantitative estimate of drug-likeness (QED) is 0.692. The van der Waals surface area contributed by atoms with Crippen LogP contribution in [0, 0.1) is 5.92 Å². The summed E-state index contributed by atoms with van der Waals surface area (Å²) < 4.78 is 5.93. The first kappa shape index (κ1) is 19.0. The Morgan fingerprint density at radius 1 is 1.23 bits per heavy atom. The number of hydrogen-bond acceptors (Lipinski definition) is 7. The fourth-order valence-electron chi connectivity index (χ4n) is 2.92. The van der Waals surface area contributed by atoms with Gasteiger partial charge in [-0.15, -0.1) is 10.2 Å². The molecule has 2 aromatic rings. The number of aromatic nitrogens is 2. The molecule has 1 aliphatic rings. The van der Waals surface area contributed by atoms with Gasteiger partial charge in [0.15, 0.2) is 4.34 Å². The molecule has 1 aliphatic carbocycles. The second-order valence-electron chi connectivity index (χ2n) is 6.54. The van der Waals surface area contributed by atoms with Crippen molar-refractivity contribution < 1.29 is 9.53 Å². The fourth-order valence-corrected chi connectivity index (χ4v) is 4.50. The van der Waals surface area contributed by atoms with E-state index in [9.17, 15) is 4.79 Å². The maximum atomic E-state index is 12.1. The van der Waals surface area contributed by atoms with Crippen LogP contribution in [0.5, 0.6) is 5.75 Å². The third kappa shape index (κ3) is 5.60. The molecule has 8 heteroatoms. The molecule has 1 aromatic carbocycles. The van der Waals surface area contributed by atoms with E-state index in [0.717, 1.165) is 34.5 Å². The summed E-state index contributed by atoms with van der Waals surface area (Å²) in [6.45, 7) is 2.28. The number of thioether (sulfide) groups is 1. The monoisotopic (exact) mass is 392 g/mol. The van der Waals surface area contributed by atoms with E-state index in [1.54, 1.807) is 7.11 Å². The standard InChI is InChI=1S/C18H24N4O2S2/c1-12-3-5-13(6-4-12)19-16(23)11-25-18-22-21-17(26-18)20-14-7-9-15(24-2)10-8-14/h7-10,12-13H,3-6,11H2,1-2H3,(H,19,23)(H,20,21). The predicted octanol–water partition coefficient (Wildman–Crippen LogP) is 4.08. The van der Waals surface area contributed by atoms with E-state index < -0.39 is 0 Å². The molecule has 2 N–H and O–H groups in total. The number of amides is 1. The highest BCUT2D eigenvalue weighted by atomic mass is 32.2. The van der Waals surface area contributed by atoms with Crippen molar-refractivity contribution in [1.29, 1.82) is 0 Å².